The van der Waals surface area contributed by atoms with Gasteiger partial charge in [0.15, 0.2) is 0 Å². The summed E-state index contributed by atoms with van der Waals surface area (Å²) in [6.07, 6.45) is 0. The van der Waals surface area contributed by atoms with Gasteiger partial charge in [0, 0.05) is 32.7 Å². The molecule has 0 aliphatic carbocycles. The number of piperazine rings is 1. The Kier molecular flexibility index (Phi) is 5.38. The molecule has 126 valence electrons. The number of carbonyl (C=O) groups excluding carboxylic acids is 1. The normalized spacial score (nSPS) is 15.3. The zero-order valence-corrected chi connectivity index (χ0v) is 14.6. The van der Waals surface area contributed by atoms with Crippen molar-refractivity contribution in [1.82, 2.24) is 9.80 Å². The molecule has 1 aliphatic rings. The van der Waals surface area contributed by atoms with Gasteiger partial charge in [-0.15, -0.1) is 0 Å². The predicted molar refractivity (Wildman–Crippen MR) is 98.5 cm³/mol. The molecular weight excluding hydrogens is 322 g/mol. The summed E-state index contributed by atoms with van der Waals surface area (Å²) in [5.74, 6) is 0. The Bertz CT molecular complexity index is 711. The number of hydrogen-bond donors (Lipinski definition) is 1. The summed E-state index contributed by atoms with van der Waals surface area (Å²) in [7, 11) is 0. The maximum atomic E-state index is 12.4. The number of benzene rings is 2. The largest absolute Gasteiger partial charge is 0.322 e. The molecule has 2 aromatic rings. The van der Waals surface area contributed by atoms with Crippen molar-refractivity contribution in [2.75, 3.05) is 31.5 Å². The van der Waals surface area contributed by atoms with E-state index in [0.717, 1.165) is 32.7 Å². The number of rotatable bonds is 3. The summed E-state index contributed by atoms with van der Waals surface area (Å²) >= 11 is 6.09. The van der Waals surface area contributed by atoms with Crippen molar-refractivity contribution in [3.8, 4) is 0 Å². The molecule has 3 rings (SSSR count). The Hall–Kier alpha value is -2.04. The van der Waals surface area contributed by atoms with Gasteiger partial charge in [0.2, 0.25) is 0 Å². The summed E-state index contributed by atoms with van der Waals surface area (Å²) in [6, 6.07) is 15.7. The number of para-hydroxylation sites is 1. The lowest BCUT2D eigenvalue weighted by Gasteiger charge is -2.35. The van der Waals surface area contributed by atoms with E-state index in [1.165, 1.54) is 11.1 Å². The topological polar surface area (TPSA) is 35.6 Å². The molecule has 0 bridgehead atoms. The highest BCUT2D eigenvalue weighted by molar-refractivity contribution is 6.33. The van der Waals surface area contributed by atoms with Crippen LogP contribution in [0.3, 0.4) is 0 Å². The molecule has 0 spiro atoms. The van der Waals surface area contributed by atoms with E-state index in [2.05, 4.69) is 41.4 Å². The molecule has 2 amide bonds. The Morgan fingerprint density at radius 1 is 1.04 bits per heavy atom. The average Bonchev–Trinajstić information content (AvgIpc) is 2.59. The Morgan fingerprint density at radius 2 is 1.71 bits per heavy atom. The minimum atomic E-state index is -0.0846. The number of halogens is 1. The summed E-state index contributed by atoms with van der Waals surface area (Å²) in [5, 5.41) is 3.45. The van der Waals surface area contributed by atoms with Crippen molar-refractivity contribution in [2.45, 2.75) is 13.5 Å². The smallest absolute Gasteiger partial charge is 0.321 e. The SMILES string of the molecule is Cc1ccccc1CN1CCN(C(=O)Nc2ccccc2Cl)CC1. The van der Waals surface area contributed by atoms with Crippen molar-refractivity contribution in [2.24, 2.45) is 0 Å². The zero-order valence-electron chi connectivity index (χ0n) is 13.8. The van der Waals surface area contributed by atoms with Gasteiger partial charge in [0.05, 0.1) is 10.7 Å². The highest BCUT2D eigenvalue weighted by atomic mass is 35.5. The van der Waals surface area contributed by atoms with Crippen LogP contribution in [-0.4, -0.2) is 42.0 Å². The van der Waals surface area contributed by atoms with Gasteiger partial charge < -0.3 is 10.2 Å². The lowest BCUT2D eigenvalue weighted by Crippen LogP contribution is -2.49. The Labute approximate surface area is 148 Å². The Morgan fingerprint density at radius 3 is 2.42 bits per heavy atom. The van der Waals surface area contributed by atoms with Crippen LogP contribution in [0.15, 0.2) is 48.5 Å². The van der Waals surface area contributed by atoms with Gasteiger partial charge >= 0.3 is 6.03 Å². The molecule has 5 heteroatoms. The molecule has 0 atom stereocenters. The highest BCUT2D eigenvalue weighted by Crippen LogP contribution is 2.21. The average molecular weight is 344 g/mol. The fourth-order valence-electron chi connectivity index (χ4n) is 2.89. The molecule has 1 fully saturated rings. The first-order chi connectivity index (χ1) is 11.6. The second kappa shape index (κ2) is 7.69. The predicted octanol–water partition coefficient (Wildman–Crippen LogP) is 4.00. The van der Waals surface area contributed by atoms with Gasteiger partial charge in [-0.25, -0.2) is 4.79 Å². The fraction of sp³-hybridized carbons (Fsp3) is 0.316. The van der Waals surface area contributed by atoms with E-state index in [1.54, 1.807) is 6.07 Å². The summed E-state index contributed by atoms with van der Waals surface area (Å²) in [6.45, 7) is 6.29. The van der Waals surface area contributed by atoms with Crippen LogP contribution < -0.4 is 5.32 Å². The number of carbonyl (C=O) groups is 1. The van der Waals surface area contributed by atoms with Crippen LogP contribution in [0.25, 0.3) is 0 Å². The first kappa shape index (κ1) is 16.8. The van der Waals surface area contributed by atoms with E-state index in [-0.39, 0.29) is 6.03 Å². The number of urea groups is 1. The second-order valence-corrected chi connectivity index (χ2v) is 6.51. The minimum absolute atomic E-state index is 0.0846. The minimum Gasteiger partial charge on any atom is -0.322 e. The van der Waals surface area contributed by atoms with Gasteiger partial charge in [0.25, 0.3) is 0 Å². The molecule has 1 heterocycles. The number of aryl methyl sites for hydroxylation is 1. The number of nitrogens with zero attached hydrogens (tertiary/aromatic N) is 2. The Balaban J connectivity index is 1.52. The molecule has 1 saturated heterocycles. The van der Waals surface area contributed by atoms with E-state index in [9.17, 15) is 4.79 Å². The van der Waals surface area contributed by atoms with E-state index in [1.807, 2.05) is 23.1 Å². The van der Waals surface area contributed by atoms with E-state index < -0.39 is 0 Å². The van der Waals surface area contributed by atoms with Gasteiger partial charge in [0.1, 0.15) is 0 Å². The van der Waals surface area contributed by atoms with Crippen molar-refractivity contribution < 1.29 is 4.79 Å². The third-order valence-electron chi connectivity index (χ3n) is 4.43. The number of anilines is 1. The maximum Gasteiger partial charge on any atom is 0.321 e. The van der Waals surface area contributed by atoms with Crippen LogP contribution in [0, 0.1) is 6.92 Å². The van der Waals surface area contributed by atoms with Gasteiger partial charge in [-0.05, 0) is 30.2 Å². The first-order valence-corrected chi connectivity index (χ1v) is 8.58. The zero-order chi connectivity index (χ0) is 16.9. The van der Waals surface area contributed by atoms with Crippen molar-refractivity contribution in [1.29, 1.82) is 0 Å². The summed E-state index contributed by atoms with van der Waals surface area (Å²) in [4.78, 5) is 16.6. The molecule has 0 saturated carbocycles. The number of hydrogen-bond acceptors (Lipinski definition) is 2. The standard InChI is InChI=1S/C19H22ClN3O/c1-15-6-2-3-7-16(15)14-22-10-12-23(13-11-22)19(24)21-18-9-5-4-8-17(18)20/h2-9H,10-14H2,1H3,(H,21,24). The summed E-state index contributed by atoms with van der Waals surface area (Å²) < 4.78 is 0. The molecule has 1 aliphatic heterocycles. The van der Waals surface area contributed by atoms with Gasteiger partial charge in [-0.2, -0.15) is 0 Å². The monoisotopic (exact) mass is 343 g/mol. The highest BCUT2D eigenvalue weighted by Gasteiger charge is 2.21. The lowest BCUT2D eigenvalue weighted by molar-refractivity contribution is 0.143. The molecule has 0 radical (unpaired) electrons. The van der Waals surface area contributed by atoms with Crippen LogP contribution in [0.5, 0.6) is 0 Å². The summed E-state index contributed by atoms with van der Waals surface area (Å²) in [5.41, 5.74) is 3.33. The first-order valence-electron chi connectivity index (χ1n) is 8.21. The van der Waals surface area contributed by atoms with Gasteiger partial charge in [-0.3, -0.25) is 4.90 Å². The molecule has 0 unspecified atom stereocenters. The third kappa shape index (κ3) is 4.08. The van der Waals surface area contributed by atoms with Gasteiger partial charge in [-0.1, -0.05) is 48.0 Å². The van der Waals surface area contributed by atoms with Crippen LogP contribution >= 0.6 is 11.6 Å². The molecule has 24 heavy (non-hydrogen) atoms. The van der Waals surface area contributed by atoms with Crippen LogP contribution in [0.2, 0.25) is 5.02 Å². The molecule has 0 aromatic heterocycles. The quantitative estimate of drug-likeness (QED) is 0.914. The lowest BCUT2D eigenvalue weighted by atomic mass is 10.1. The van der Waals surface area contributed by atoms with Crippen LogP contribution in [0.4, 0.5) is 10.5 Å². The maximum absolute atomic E-state index is 12.4. The molecule has 4 nitrogen and oxygen atoms in total. The van der Waals surface area contributed by atoms with Crippen molar-refractivity contribution in [3.63, 3.8) is 0 Å². The van der Waals surface area contributed by atoms with E-state index in [4.69, 9.17) is 11.6 Å². The van der Waals surface area contributed by atoms with Crippen molar-refractivity contribution >= 4 is 23.3 Å². The van der Waals surface area contributed by atoms with Crippen molar-refractivity contribution in [3.05, 3.63) is 64.7 Å². The van der Waals surface area contributed by atoms with E-state index >= 15 is 0 Å². The van der Waals surface area contributed by atoms with Crippen LogP contribution in [0.1, 0.15) is 11.1 Å². The number of amides is 2. The molecule has 1 N–H and O–H groups in total. The van der Waals surface area contributed by atoms with E-state index in [0.29, 0.717) is 10.7 Å². The molecule has 2 aromatic carbocycles. The van der Waals surface area contributed by atoms with Crippen LogP contribution in [-0.2, 0) is 6.54 Å². The second-order valence-electron chi connectivity index (χ2n) is 6.10. The number of nitrogens with one attached hydrogen (secondary N) is 1. The molecular formula is C19H22ClN3O. The fourth-order valence-corrected chi connectivity index (χ4v) is 3.08. The third-order valence-corrected chi connectivity index (χ3v) is 4.76.